The largest absolute Gasteiger partial charge is 0.222 e. The molecule has 0 spiro atoms. The van der Waals surface area contributed by atoms with Gasteiger partial charge in [0.1, 0.15) is 17.0 Å². The molecule has 5 heteroatoms. The summed E-state index contributed by atoms with van der Waals surface area (Å²) in [5.74, 6) is 1.71. The zero-order chi connectivity index (χ0) is 12.3. The van der Waals surface area contributed by atoms with Crippen LogP contribution in [0.25, 0.3) is 15.9 Å². The number of thiophene rings is 1. The van der Waals surface area contributed by atoms with Crippen LogP contribution in [0.2, 0.25) is 0 Å². The minimum Gasteiger partial charge on any atom is -0.222 e. The van der Waals surface area contributed by atoms with Crippen molar-refractivity contribution in [3.8, 4) is 0 Å². The van der Waals surface area contributed by atoms with Gasteiger partial charge in [-0.15, -0.1) is 11.3 Å². The molecule has 3 heterocycles. The summed E-state index contributed by atoms with van der Waals surface area (Å²) < 4.78 is 1.85. The minimum absolute atomic E-state index is 0.792. The Morgan fingerprint density at radius 3 is 3.22 bits per heavy atom. The van der Waals surface area contributed by atoms with Crippen LogP contribution in [0.5, 0.6) is 0 Å². The van der Waals surface area contributed by atoms with E-state index in [1.807, 2.05) is 22.8 Å². The van der Waals surface area contributed by atoms with E-state index in [9.17, 15) is 0 Å². The van der Waals surface area contributed by atoms with Crippen molar-refractivity contribution in [2.75, 3.05) is 0 Å². The van der Waals surface area contributed by atoms with Crippen LogP contribution in [0.4, 0.5) is 0 Å². The second-order valence-electron chi connectivity index (χ2n) is 5.19. The minimum atomic E-state index is 0.792. The zero-order valence-corrected chi connectivity index (χ0v) is 11.3. The molecule has 0 amide bonds. The Kier molecular flexibility index (Phi) is 2.03. The highest BCUT2D eigenvalue weighted by molar-refractivity contribution is 7.19. The zero-order valence-electron chi connectivity index (χ0n) is 10.5. The lowest BCUT2D eigenvalue weighted by Crippen LogP contribution is -2.08. The average molecular weight is 258 g/mol. The Morgan fingerprint density at radius 1 is 1.44 bits per heavy atom. The highest BCUT2D eigenvalue weighted by Crippen LogP contribution is 2.38. The number of hydrogen-bond acceptors (Lipinski definition) is 4. The van der Waals surface area contributed by atoms with Gasteiger partial charge < -0.3 is 0 Å². The second-order valence-corrected chi connectivity index (χ2v) is 6.27. The van der Waals surface area contributed by atoms with Gasteiger partial charge in [-0.05, 0) is 37.7 Å². The summed E-state index contributed by atoms with van der Waals surface area (Å²) in [7, 11) is 0. The Morgan fingerprint density at radius 2 is 2.33 bits per heavy atom. The molecule has 3 aromatic heterocycles. The lowest BCUT2D eigenvalue weighted by Gasteiger charge is -2.17. The molecule has 1 aliphatic rings. The first-order valence-electron chi connectivity index (χ1n) is 6.34. The van der Waals surface area contributed by atoms with E-state index >= 15 is 0 Å². The number of hydrogen-bond donors (Lipinski definition) is 0. The summed E-state index contributed by atoms with van der Waals surface area (Å²) in [6.07, 6.45) is 5.24. The van der Waals surface area contributed by atoms with Gasteiger partial charge in [-0.3, -0.25) is 0 Å². The molecular formula is C13H14N4S. The molecule has 1 atom stereocenters. The Bertz CT molecular complexity index is 755. The maximum atomic E-state index is 4.69. The summed E-state index contributed by atoms with van der Waals surface area (Å²) in [4.78, 5) is 11.7. The molecule has 0 aromatic carbocycles. The highest BCUT2D eigenvalue weighted by Gasteiger charge is 2.23. The predicted octanol–water partition coefficient (Wildman–Crippen LogP) is 2.77. The fourth-order valence-electron chi connectivity index (χ4n) is 2.89. The molecule has 18 heavy (non-hydrogen) atoms. The van der Waals surface area contributed by atoms with Gasteiger partial charge in [0.05, 0.1) is 5.39 Å². The Hall–Kier alpha value is -1.49. The summed E-state index contributed by atoms with van der Waals surface area (Å²) in [6.45, 7) is 4.32. The van der Waals surface area contributed by atoms with E-state index in [-0.39, 0.29) is 0 Å². The first-order chi connectivity index (χ1) is 8.74. The average Bonchev–Trinajstić information content (AvgIpc) is 2.91. The molecule has 4 rings (SSSR count). The molecular weight excluding hydrogens is 244 g/mol. The topological polar surface area (TPSA) is 43.1 Å². The van der Waals surface area contributed by atoms with E-state index in [0.717, 1.165) is 28.6 Å². The third-order valence-electron chi connectivity index (χ3n) is 3.83. The molecule has 0 saturated carbocycles. The summed E-state index contributed by atoms with van der Waals surface area (Å²) in [6, 6.07) is 0. The van der Waals surface area contributed by atoms with Gasteiger partial charge in [-0.25, -0.2) is 9.97 Å². The van der Waals surface area contributed by atoms with Crippen molar-refractivity contribution in [1.82, 2.24) is 19.6 Å². The van der Waals surface area contributed by atoms with E-state index < -0.39 is 0 Å². The molecule has 1 unspecified atom stereocenters. The van der Waals surface area contributed by atoms with Crippen molar-refractivity contribution in [2.24, 2.45) is 5.92 Å². The van der Waals surface area contributed by atoms with Crippen LogP contribution >= 0.6 is 11.3 Å². The van der Waals surface area contributed by atoms with Crippen LogP contribution in [0, 0.1) is 12.8 Å². The number of nitrogens with zero attached hydrogens (tertiary/aromatic N) is 4. The predicted molar refractivity (Wildman–Crippen MR) is 72.1 cm³/mol. The highest BCUT2D eigenvalue weighted by atomic mass is 32.1. The quantitative estimate of drug-likeness (QED) is 0.622. The monoisotopic (exact) mass is 258 g/mol. The van der Waals surface area contributed by atoms with Gasteiger partial charge in [0, 0.05) is 4.88 Å². The van der Waals surface area contributed by atoms with E-state index in [1.165, 1.54) is 28.7 Å². The maximum Gasteiger partial charge on any atom is 0.167 e. The summed E-state index contributed by atoms with van der Waals surface area (Å²) in [5, 5.41) is 5.50. The third kappa shape index (κ3) is 1.28. The standard InChI is InChI=1S/C13H14N4S/c1-7-3-4-9-10(5-7)18-13-11(9)12-14-6-15-17(12)8(2)16-13/h6-7H,3-5H2,1-2H3. The second kappa shape index (κ2) is 3.51. The maximum absolute atomic E-state index is 4.69. The summed E-state index contributed by atoms with van der Waals surface area (Å²) in [5.41, 5.74) is 2.45. The van der Waals surface area contributed by atoms with Crippen LogP contribution in [-0.2, 0) is 12.8 Å². The normalized spacial score (nSPS) is 19.6. The van der Waals surface area contributed by atoms with Crippen molar-refractivity contribution < 1.29 is 0 Å². The molecule has 92 valence electrons. The Balaban J connectivity index is 2.14. The number of fused-ring (bicyclic) bond motifs is 5. The fraction of sp³-hybridized carbons (Fsp3) is 0.462. The van der Waals surface area contributed by atoms with Crippen molar-refractivity contribution in [3.63, 3.8) is 0 Å². The molecule has 0 saturated heterocycles. The number of aromatic nitrogens is 4. The molecule has 0 aliphatic heterocycles. The van der Waals surface area contributed by atoms with Gasteiger partial charge >= 0.3 is 0 Å². The van der Waals surface area contributed by atoms with E-state index in [1.54, 1.807) is 6.33 Å². The van der Waals surface area contributed by atoms with Crippen LogP contribution in [-0.4, -0.2) is 19.6 Å². The molecule has 0 fully saturated rings. The SMILES string of the molecule is Cc1nc2sc3c(c2c2ncnn12)CCC(C)C3. The molecule has 1 aliphatic carbocycles. The first-order valence-corrected chi connectivity index (χ1v) is 7.16. The van der Waals surface area contributed by atoms with Crippen LogP contribution in [0.15, 0.2) is 6.33 Å². The van der Waals surface area contributed by atoms with Crippen molar-refractivity contribution >= 4 is 27.2 Å². The smallest absolute Gasteiger partial charge is 0.167 e. The van der Waals surface area contributed by atoms with E-state index in [0.29, 0.717) is 0 Å². The van der Waals surface area contributed by atoms with E-state index in [4.69, 9.17) is 0 Å². The van der Waals surface area contributed by atoms with Crippen LogP contribution in [0.3, 0.4) is 0 Å². The molecule has 0 bridgehead atoms. The molecule has 3 aromatic rings. The van der Waals surface area contributed by atoms with Gasteiger partial charge in [0.2, 0.25) is 0 Å². The van der Waals surface area contributed by atoms with Gasteiger partial charge in [0.15, 0.2) is 5.65 Å². The molecule has 0 radical (unpaired) electrons. The Labute approximate surface area is 109 Å². The number of aryl methyl sites for hydroxylation is 2. The summed E-state index contributed by atoms with van der Waals surface area (Å²) >= 11 is 1.84. The van der Waals surface area contributed by atoms with Gasteiger partial charge in [-0.2, -0.15) is 9.61 Å². The van der Waals surface area contributed by atoms with E-state index in [2.05, 4.69) is 22.0 Å². The lowest BCUT2D eigenvalue weighted by atomic mass is 9.89. The van der Waals surface area contributed by atoms with Gasteiger partial charge in [-0.1, -0.05) is 6.92 Å². The van der Waals surface area contributed by atoms with Gasteiger partial charge in [0.25, 0.3) is 0 Å². The first kappa shape index (κ1) is 10.4. The molecule has 4 nitrogen and oxygen atoms in total. The third-order valence-corrected chi connectivity index (χ3v) is 4.98. The molecule has 0 N–H and O–H groups in total. The lowest BCUT2D eigenvalue weighted by molar-refractivity contribution is 0.509. The fourth-order valence-corrected chi connectivity index (χ4v) is 4.31. The van der Waals surface area contributed by atoms with Crippen molar-refractivity contribution in [2.45, 2.75) is 33.1 Å². The van der Waals surface area contributed by atoms with Crippen molar-refractivity contribution in [3.05, 3.63) is 22.6 Å². The van der Waals surface area contributed by atoms with Crippen LogP contribution in [0.1, 0.15) is 29.6 Å². The van der Waals surface area contributed by atoms with Crippen LogP contribution < -0.4 is 0 Å². The number of rotatable bonds is 0. The van der Waals surface area contributed by atoms with Crippen molar-refractivity contribution in [1.29, 1.82) is 0 Å².